The van der Waals surface area contributed by atoms with E-state index in [0.717, 1.165) is 11.1 Å². The number of amides is 2. The van der Waals surface area contributed by atoms with Crippen molar-refractivity contribution in [1.29, 1.82) is 0 Å². The Kier molecular flexibility index (Phi) is 6.35. The van der Waals surface area contributed by atoms with Gasteiger partial charge in [0.25, 0.3) is 0 Å². The van der Waals surface area contributed by atoms with Crippen LogP contribution in [-0.2, 0) is 20.9 Å². The molecule has 1 rings (SSSR count). The summed E-state index contributed by atoms with van der Waals surface area (Å²) in [5.41, 5.74) is 7.08. The van der Waals surface area contributed by atoms with Gasteiger partial charge >= 0.3 is 5.97 Å². The van der Waals surface area contributed by atoms with Gasteiger partial charge in [0.2, 0.25) is 11.8 Å². The van der Waals surface area contributed by atoms with E-state index in [1.165, 1.54) is 4.90 Å². The Morgan fingerprint density at radius 2 is 1.76 bits per heavy atom. The number of carbonyl (C=O) groups excluding carboxylic acids is 2. The van der Waals surface area contributed by atoms with E-state index in [-0.39, 0.29) is 19.0 Å². The van der Waals surface area contributed by atoms with Crippen molar-refractivity contribution in [3.05, 3.63) is 35.4 Å². The zero-order chi connectivity index (χ0) is 15.8. The Balaban J connectivity index is 2.47. The molecule has 0 spiro atoms. The van der Waals surface area contributed by atoms with Gasteiger partial charge in [-0.1, -0.05) is 29.8 Å². The minimum Gasteiger partial charge on any atom is -0.480 e. The van der Waals surface area contributed by atoms with E-state index >= 15 is 0 Å². The summed E-state index contributed by atoms with van der Waals surface area (Å²) in [5, 5.41) is 11.4. The first-order valence-corrected chi connectivity index (χ1v) is 6.41. The van der Waals surface area contributed by atoms with Gasteiger partial charge in [0.15, 0.2) is 0 Å². The van der Waals surface area contributed by atoms with Crippen molar-refractivity contribution in [2.24, 2.45) is 5.73 Å². The molecule has 0 aliphatic heterocycles. The van der Waals surface area contributed by atoms with E-state index in [0.29, 0.717) is 6.54 Å². The van der Waals surface area contributed by atoms with E-state index in [9.17, 15) is 14.4 Å². The number of benzene rings is 1. The van der Waals surface area contributed by atoms with Gasteiger partial charge in [0.1, 0.15) is 0 Å². The molecule has 0 radical (unpaired) electrons. The SMILES string of the molecule is Cc1ccc(CNC(=O)CN(CC(N)=O)CC(=O)O)cc1. The van der Waals surface area contributed by atoms with Gasteiger partial charge in [-0.25, -0.2) is 0 Å². The van der Waals surface area contributed by atoms with Crippen LogP contribution in [0.15, 0.2) is 24.3 Å². The summed E-state index contributed by atoms with van der Waals surface area (Å²) in [6, 6.07) is 7.67. The van der Waals surface area contributed by atoms with Crippen molar-refractivity contribution in [3.63, 3.8) is 0 Å². The molecule has 0 aromatic heterocycles. The van der Waals surface area contributed by atoms with Crippen molar-refractivity contribution < 1.29 is 19.5 Å². The molecule has 7 heteroatoms. The molecule has 0 saturated heterocycles. The fourth-order valence-corrected chi connectivity index (χ4v) is 1.74. The van der Waals surface area contributed by atoms with Crippen LogP contribution in [0.4, 0.5) is 0 Å². The minimum atomic E-state index is -1.12. The molecule has 0 aliphatic rings. The molecule has 0 atom stereocenters. The lowest BCUT2D eigenvalue weighted by Crippen LogP contribution is -2.43. The van der Waals surface area contributed by atoms with E-state index in [1.807, 2.05) is 31.2 Å². The quantitative estimate of drug-likeness (QED) is 0.597. The largest absolute Gasteiger partial charge is 0.480 e. The molecule has 0 fully saturated rings. The number of primary amides is 1. The first kappa shape index (κ1) is 16.6. The van der Waals surface area contributed by atoms with Crippen LogP contribution in [0.5, 0.6) is 0 Å². The minimum absolute atomic E-state index is 0.193. The zero-order valence-corrected chi connectivity index (χ0v) is 11.8. The predicted molar refractivity (Wildman–Crippen MR) is 76.3 cm³/mol. The summed E-state index contributed by atoms with van der Waals surface area (Å²) < 4.78 is 0. The smallest absolute Gasteiger partial charge is 0.317 e. The summed E-state index contributed by atoms with van der Waals surface area (Å²) in [4.78, 5) is 34.4. The third kappa shape index (κ3) is 7.07. The summed E-state index contributed by atoms with van der Waals surface area (Å²) >= 11 is 0. The third-order valence-electron chi connectivity index (χ3n) is 2.72. The van der Waals surface area contributed by atoms with Crippen molar-refractivity contribution in [3.8, 4) is 0 Å². The zero-order valence-electron chi connectivity index (χ0n) is 11.8. The number of nitrogens with two attached hydrogens (primary N) is 1. The van der Waals surface area contributed by atoms with Gasteiger partial charge in [0, 0.05) is 6.54 Å². The van der Waals surface area contributed by atoms with Gasteiger partial charge in [-0.3, -0.25) is 19.3 Å². The molecule has 0 bridgehead atoms. The van der Waals surface area contributed by atoms with Gasteiger partial charge in [-0.15, -0.1) is 0 Å². The van der Waals surface area contributed by atoms with Crippen LogP contribution in [0.1, 0.15) is 11.1 Å². The lowest BCUT2D eigenvalue weighted by atomic mass is 10.1. The molecule has 2 amide bonds. The fourth-order valence-electron chi connectivity index (χ4n) is 1.74. The molecule has 0 heterocycles. The Morgan fingerprint density at radius 1 is 1.14 bits per heavy atom. The molecular formula is C14H19N3O4. The number of nitrogens with zero attached hydrogens (tertiary/aromatic N) is 1. The molecule has 1 aromatic rings. The monoisotopic (exact) mass is 293 g/mol. The number of hydrogen-bond donors (Lipinski definition) is 3. The Labute approximate surface area is 122 Å². The summed E-state index contributed by atoms with van der Waals surface area (Å²) in [6.07, 6.45) is 0. The highest BCUT2D eigenvalue weighted by Crippen LogP contribution is 2.02. The maximum atomic E-state index is 11.8. The molecule has 7 nitrogen and oxygen atoms in total. The summed E-state index contributed by atoms with van der Waals surface area (Å²) in [6.45, 7) is 1.43. The normalized spacial score (nSPS) is 10.4. The fraction of sp³-hybridized carbons (Fsp3) is 0.357. The van der Waals surface area contributed by atoms with Crippen LogP contribution in [0, 0.1) is 6.92 Å². The number of carboxylic acids is 1. The van der Waals surface area contributed by atoms with Gasteiger partial charge in [0.05, 0.1) is 19.6 Å². The maximum Gasteiger partial charge on any atom is 0.317 e. The Hall–Kier alpha value is -2.41. The van der Waals surface area contributed by atoms with Crippen LogP contribution >= 0.6 is 0 Å². The molecule has 1 aromatic carbocycles. The number of rotatable bonds is 8. The average Bonchev–Trinajstić information content (AvgIpc) is 2.36. The van der Waals surface area contributed by atoms with Gasteiger partial charge < -0.3 is 16.2 Å². The summed E-state index contributed by atoms with van der Waals surface area (Å²) in [7, 11) is 0. The molecule has 4 N–H and O–H groups in total. The number of carboxylic acid groups (broad SMARTS) is 1. The highest BCUT2D eigenvalue weighted by molar-refractivity contribution is 5.81. The predicted octanol–water partition coefficient (Wildman–Crippen LogP) is -0.517. The van der Waals surface area contributed by atoms with Crippen molar-refractivity contribution >= 4 is 17.8 Å². The van der Waals surface area contributed by atoms with Crippen molar-refractivity contribution in [2.45, 2.75) is 13.5 Å². The van der Waals surface area contributed by atoms with E-state index in [4.69, 9.17) is 10.8 Å². The number of nitrogens with one attached hydrogen (secondary N) is 1. The topological polar surface area (TPSA) is 113 Å². The van der Waals surface area contributed by atoms with Crippen molar-refractivity contribution in [1.82, 2.24) is 10.2 Å². The standard InChI is InChI=1S/C14H19N3O4/c1-10-2-4-11(5-3-10)6-16-13(19)8-17(7-12(15)18)9-14(20)21/h2-5H,6-9H2,1H3,(H2,15,18)(H,16,19)(H,20,21). The van der Waals surface area contributed by atoms with Crippen LogP contribution in [0.2, 0.25) is 0 Å². The Bertz CT molecular complexity index is 497. The molecule has 21 heavy (non-hydrogen) atoms. The highest BCUT2D eigenvalue weighted by Gasteiger charge is 2.15. The molecule has 114 valence electrons. The maximum absolute atomic E-state index is 11.8. The number of carbonyl (C=O) groups is 3. The van der Waals surface area contributed by atoms with Crippen LogP contribution in [0.25, 0.3) is 0 Å². The van der Waals surface area contributed by atoms with Crippen molar-refractivity contribution in [2.75, 3.05) is 19.6 Å². The molecule has 0 saturated carbocycles. The number of hydrogen-bond acceptors (Lipinski definition) is 4. The van der Waals surface area contributed by atoms with Crippen LogP contribution in [0.3, 0.4) is 0 Å². The Morgan fingerprint density at radius 3 is 2.29 bits per heavy atom. The first-order valence-electron chi connectivity index (χ1n) is 6.41. The summed E-state index contributed by atoms with van der Waals surface area (Å²) in [5.74, 6) is -2.16. The van der Waals surface area contributed by atoms with E-state index in [2.05, 4.69) is 5.32 Å². The number of aryl methyl sites for hydroxylation is 1. The molecular weight excluding hydrogens is 274 g/mol. The lowest BCUT2D eigenvalue weighted by Gasteiger charge is -2.17. The molecule has 0 unspecified atom stereocenters. The first-order chi connectivity index (χ1) is 9.86. The average molecular weight is 293 g/mol. The second-order valence-electron chi connectivity index (χ2n) is 4.77. The van der Waals surface area contributed by atoms with Gasteiger partial charge in [-0.05, 0) is 12.5 Å². The van der Waals surface area contributed by atoms with E-state index < -0.39 is 18.4 Å². The third-order valence-corrected chi connectivity index (χ3v) is 2.72. The second kappa shape index (κ2) is 8.01. The highest BCUT2D eigenvalue weighted by atomic mass is 16.4. The second-order valence-corrected chi connectivity index (χ2v) is 4.77. The van der Waals surface area contributed by atoms with Crippen LogP contribution < -0.4 is 11.1 Å². The lowest BCUT2D eigenvalue weighted by molar-refractivity contribution is -0.139. The number of aliphatic carboxylic acids is 1. The van der Waals surface area contributed by atoms with Crippen LogP contribution in [-0.4, -0.2) is 47.4 Å². The van der Waals surface area contributed by atoms with Gasteiger partial charge in [-0.2, -0.15) is 0 Å². The van der Waals surface area contributed by atoms with E-state index in [1.54, 1.807) is 0 Å². The molecule has 0 aliphatic carbocycles.